The normalized spacial score (nSPS) is 13.1. The highest BCUT2D eigenvalue weighted by molar-refractivity contribution is 7.90. The highest BCUT2D eigenvalue weighted by Gasteiger charge is 2.00. The molecule has 0 fully saturated rings. The quantitative estimate of drug-likeness (QED) is 0.536. The lowest BCUT2D eigenvalue weighted by Gasteiger charge is -1.99. The summed E-state index contributed by atoms with van der Waals surface area (Å²) in [5.74, 6) is 0. The zero-order chi connectivity index (χ0) is 6.69. The van der Waals surface area contributed by atoms with Crippen molar-refractivity contribution < 1.29 is 4.55 Å². The van der Waals surface area contributed by atoms with Gasteiger partial charge >= 0.3 is 0 Å². The van der Waals surface area contributed by atoms with Crippen LogP contribution in [0.3, 0.4) is 0 Å². The van der Waals surface area contributed by atoms with E-state index in [1.165, 1.54) is 0 Å². The zero-order valence-electron chi connectivity index (χ0n) is 5.00. The van der Waals surface area contributed by atoms with Crippen LogP contribution in [0.5, 0.6) is 0 Å². The molecule has 47 valence electrons. The van der Waals surface area contributed by atoms with Crippen LogP contribution in [0.1, 0.15) is 0 Å². The standard InChI is InChI=1S/C6H6NOS/c1-9(8)6-3-2-4-7-5-6/h2-4H,1H3. The van der Waals surface area contributed by atoms with E-state index in [4.69, 9.17) is 0 Å². The van der Waals surface area contributed by atoms with E-state index in [9.17, 15) is 4.55 Å². The molecule has 1 radical (unpaired) electrons. The van der Waals surface area contributed by atoms with Gasteiger partial charge in [-0.3, -0.25) is 0 Å². The molecular formula is C6H6NOS. The topological polar surface area (TPSA) is 36.0 Å². The number of nitrogens with zero attached hydrogens (tertiary/aromatic N) is 1. The molecule has 2 nitrogen and oxygen atoms in total. The summed E-state index contributed by atoms with van der Waals surface area (Å²) in [6, 6.07) is 3.48. The van der Waals surface area contributed by atoms with Crippen molar-refractivity contribution in [3.63, 3.8) is 0 Å². The van der Waals surface area contributed by atoms with Crippen LogP contribution in [-0.4, -0.2) is 15.8 Å². The first kappa shape index (κ1) is 6.58. The van der Waals surface area contributed by atoms with Crippen LogP contribution < -0.4 is 0 Å². The van der Waals surface area contributed by atoms with Crippen LogP contribution in [0.15, 0.2) is 23.2 Å². The Labute approximate surface area is 57.1 Å². The molecule has 0 bridgehead atoms. The second-order valence-electron chi connectivity index (χ2n) is 1.57. The first-order valence-corrected chi connectivity index (χ1v) is 4.02. The van der Waals surface area contributed by atoms with Gasteiger partial charge in [-0.2, -0.15) is 0 Å². The number of hydrogen-bond donors (Lipinski definition) is 0. The van der Waals surface area contributed by atoms with Crippen molar-refractivity contribution in [2.24, 2.45) is 0 Å². The second kappa shape index (κ2) is 2.85. The maximum atomic E-state index is 10.7. The number of hydrogen-bond acceptors (Lipinski definition) is 2. The minimum Gasteiger partial charge on any atom is -0.612 e. The molecule has 0 saturated carbocycles. The Balaban J connectivity index is 2.85. The van der Waals surface area contributed by atoms with E-state index in [1.807, 2.05) is 0 Å². The van der Waals surface area contributed by atoms with Crippen molar-refractivity contribution in [3.05, 3.63) is 24.5 Å². The van der Waals surface area contributed by atoms with Gasteiger partial charge in [-0.1, -0.05) is 0 Å². The zero-order valence-corrected chi connectivity index (χ0v) is 5.81. The largest absolute Gasteiger partial charge is 0.612 e. The SMILES string of the molecule is C[S+]([O-])c1[c]nccc1. The third-order valence-electron chi connectivity index (χ3n) is 0.893. The summed E-state index contributed by atoms with van der Waals surface area (Å²) in [5, 5.41) is 0. The van der Waals surface area contributed by atoms with Gasteiger partial charge in [0.05, 0.1) is 0 Å². The van der Waals surface area contributed by atoms with Crippen molar-refractivity contribution in [2.75, 3.05) is 6.26 Å². The fourth-order valence-corrected chi connectivity index (χ4v) is 0.923. The van der Waals surface area contributed by atoms with Crippen LogP contribution in [0, 0.1) is 6.20 Å². The summed E-state index contributed by atoms with van der Waals surface area (Å²) in [4.78, 5) is 4.34. The Morgan fingerprint density at radius 3 is 2.89 bits per heavy atom. The first-order valence-electron chi connectivity index (χ1n) is 2.47. The fourth-order valence-electron chi connectivity index (χ4n) is 0.472. The summed E-state index contributed by atoms with van der Waals surface area (Å²) in [6.45, 7) is 0. The number of rotatable bonds is 1. The minimum atomic E-state index is -0.947. The molecule has 9 heavy (non-hydrogen) atoms. The second-order valence-corrected chi connectivity index (χ2v) is 2.92. The van der Waals surface area contributed by atoms with Gasteiger partial charge in [-0.05, 0) is 23.3 Å². The summed E-state index contributed by atoms with van der Waals surface area (Å²) in [5.41, 5.74) is 0. The summed E-state index contributed by atoms with van der Waals surface area (Å²) >= 11 is -0.947. The highest BCUT2D eigenvalue weighted by Crippen LogP contribution is 2.02. The van der Waals surface area contributed by atoms with Gasteiger partial charge in [0.15, 0.2) is 4.90 Å². The lowest BCUT2D eigenvalue weighted by molar-refractivity contribution is 0.600. The van der Waals surface area contributed by atoms with Gasteiger partial charge in [-0.25, -0.2) is 4.98 Å². The van der Waals surface area contributed by atoms with E-state index in [0.29, 0.717) is 4.90 Å². The van der Waals surface area contributed by atoms with Gasteiger partial charge in [0.25, 0.3) is 0 Å². The number of pyridine rings is 1. The lowest BCUT2D eigenvalue weighted by atomic mass is 10.5. The van der Waals surface area contributed by atoms with Crippen LogP contribution in [0.4, 0.5) is 0 Å². The molecule has 0 aromatic carbocycles. The third-order valence-corrected chi connectivity index (χ3v) is 1.74. The van der Waals surface area contributed by atoms with E-state index < -0.39 is 11.2 Å². The molecule has 1 rings (SSSR count). The van der Waals surface area contributed by atoms with Gasteiger partial charge < -0.3 is 4.55 Å². The van der Waals surface area contributed by atoms with Crippen LogP contribution >= 0.6 is 0 Å². The molecule has 0 aliphatic carbocycles. The molecule has 0 amide bonds. The Hall–Kier alpha value is -0.540. The average Bonchev–Trinajstić information content (AvgIpc) is 1.90. The molecule has 1 aromatic heterocycles. The Morgan fingerprint density at radius 2 is 2.56 bits per heavy atom. The van der Waals surface area contributed by atoms with Gasteiger partial charge in [0, 0.05) is 6.20 Å². The van der Waals surface area contributed by atoms with Crippen LogP contribution in [0.25, 0.3) is 0 Å². The van der Waals surface area contributed by atoms with Gasteiger partial charge in [0.2, 0.25) is 0 Å². The maximum absolute atomic E-state index is 10.7. The van der Waals surface area contributed by atoms with E-state index in [1.54, 1.807) is 24.6 Å². The van der Waals surface area contributed by atoms with E-state index in [-0.39, 0.29) is 0 Å². The molecule has 0 saturated heterocycles. The molecule has 0 N–H and O–H groups in total. The summed E-state index contributed by atoms with van der Waals surface area (Å²) in [7, 11) is 0. The highest BCUT2D eigenvalue weighted by atomic mass is 32.2. The molecule has 0 spiro atoms. The summed E-state index contributed by atoms with van der Waals surface area (Å²) in [6.07, 6.45) is 5.83. The van der Waals surface area contributed by atoms with Crippen molar-refractivity contribution in [1.29, 1.82) is 0 Å². The van der Waals surface area contributed by atoms with Crippen molar-refractivity contribution in [1.82, 2.24) is 4.98 Å². The third kappa shape index (κ3) is 1.69. The van der Waals surface area contributed by atoms with E-state index in [2.05, 4.69) is 11.2 Å². The molecular weight excluding hydrogens is 134 g/mol. The predicted molar refractivity (Wildman–Crippen MR) is 35.4 cm³/mol. The lowest BCUT2D eigenvalue weighted by Crippen LogP contribution is -1.96. The van der Waals surface area contributed by atoms with Crippen molar-refractivity contribution in [3.8, 4) is 0 Å². The predicted octanol–water partition coefficient (Wildman–Crippen LogP) is 0.619. The maximum Gasteiger partial charge on any atom is 0.180 e. The molecule has 1 heterocycles. The average molecular weight is 140 g/mol. The summed E-state index contributed by atoms with van der Waals surface area (Å²) < 4.78 is 10.7. The van der Waals surface area contributed by atoms with Crippen LogP contribution in [-0.2, 0) is 11.2 Å². The minimum absolute atomic E-state index is 0.650. The van der Waals surface area contributed by atoms with E-state index in [0.717, 1.165) is 0 Å². The molecule has 0 aliphatic heterocycles. The Morgan fingerprint density at radius 1 is 1.78 bits per heavy atom. The van der Waals surface area contributed by atoms with Crippen molar-refractivity contribution in [2.45, 2.75) is 4.90 Å². The first-order chi connectivity index (χ1) is 4.30. The smallest absolute Gasteiger partial charge is 0.180 e. The fraction of sp³-hybridized carbons (Fsp3) is 0.167. The molecule has 1 unspecified atom stereocenters. The monoisotopic (exact) mass is 140 g/mol. The van der Waals surface area contributed by atoms with Crippen LogP contribution in [0.2, 0.25) is 0 Å². The Bertz CT molecular complexity index is 176. The Kier molecular flexibility index (Phi) is 2.08. The molecule has 1 atom stereocenters. The number of aromatic nitrogens is 1. The van der Waals surface area contributed by atoms with Gasteiger partial charge in [0.1, 0.15) is 12.5 Å². The molecule has 0 aliphatic rings. The van der Waals surface area contributed by atoms with Crippen molar-refractivity contribution >= 4 is 11.2 Å². The molecule has 1 aromatic rings. The van der Waals surface area contributed by atoms with Gasteiger partial charge in [-0.15, -0.1) is 0 Å². The molecule has 3 heteroatoms. The van der Waals surface area contributed by atoms with E-state index >= 15 is 0 Å².